The van der Waals surface area contributed by atoms with Crippen LogP contribution in [0, 0.1) is 11.8 Å². The Balaban J connectivity index is 1.77. The van der Waals surface area contributed by atoms with Crippen molar-refractivity contribution in [1.82, 2.24) is 9.80 Å². The van der Waals surface area contributed by atoms with E-state index >= 15 is 0 Å². The standard InChI is InChI=1S/C14H24N2O/c1-10(2)15-7-11-6-12(9-15)13-4-3-5-14(17)16(13)8-11/h10-13H,3-9H2,1-2H3/t11-,12+,13+/m1/s1. The summed E-state index contributed by atoms with van der Waals surface area (Å²) in [4.78, 5) is 16.8. The molecular formula is C14H24N2O. The average Bonchev–Trinajstić information content (AvgIpc) is 2.30. The minimum atomic E-state index is 0.425. The Hall–Kier alpha value is -0.570. The topological polar surface area (TPSA) is 23.6 Å². The van der Waals surface area contributed by atoms with Crippen LogP contribution in [-0.4, -0.2) is 47.4 Å². The smallest absolute Gasteiger partial charge is 0.222 e. The maximum absolute atomic E-state index is 12.0. The van der Waals surface area contributed by atoms with E-state index < -0.39 is 0 Å². The molecule has 1 amide bonds. The number of amides is 1. The number of nitrogens with zero attached hydrogens (tertiary/aromatic N) is 2. The molecule has 17 heavy (non-hydrogen) atoms. The molecule has 0 radical (unpaired) electrons. The number of piperidine rings is 3. The number of rotatable bonds is 1. The molecule has 3 rings (SSSR count). The largest absolute Gasteiger partial charge is 0.339 e. The Labute approximate surface area is 104 Å². The lowest BCUT2D eigenvalue weighted by Crippen LogP contribution is -2.61. The Morgan fingerprint density at radius 3 is 2.82 bits per heavy atom. The van der Waals surface area contributed by atoms with Gasteiger partial charge in [-0.05, 0) is 44.9 Å². The Morgan fingerprint density at radius 2 is 2.06 bits per heavy atom. The van der Waals surface area contributed by atoms with Crippen LogP contribution in [0.2, 0.25) is 0 Å². The lowest BCUT2D eigenvalue weighted by Gasteiger charge is -2.53. The van der Waals surface area contributed by atoms with Crippen molar-refractivity contribution < 1.29 is 4.79 Å². The number of carbonyl (C=O) groups is 1. The van der Waals surface area contributed by atoms with Gasteiger partial charge in [-0.15, -0.1) is 0 Å². The van der Waals surface area contributed by atoms with E-state index in [1.165, 1.54) is 25.9 Å². The highest BCUT2D eigenvalue weighted by molar-refractivity contribution is 5.77. The highest BCUT2D eigenvalue weighted by atomic mass is 16.2. The first-order valence-corrected chi connectivity index (χ1v) is 7.18. The van der Waals surface area contributed by atoms with E-state index in [4.69, 9.17) is 0 Å². The van der Waals surface area contributed by atoms with Gasteiger partial charge in [-0.2, -0.15) is 0 Å². The number of likely N-dealkylation sites (tertiary alicyclic amines) is 1. The van der Waals surface area contributed by atoms with Gasteiger partial charge in [0.15, 0.2) is 0 Å². The molecule has 3 nitrogen and oxygen atoms in total. The second kappa shape index (κ2) is 4.27. The summed E-state index contributed by atoms with van der Waals surface area (Å²) in [6.07, 6.45) is 4.51. The summed E-state index contributed by atoms with van der Waals surface area (Å²) in [6, 6.07) is 1.22. The van der Waals surface area contributed by atoms with Crippen molar-refractivity contribution in [3.63, 3.8) is 0 Å². The SMILES string of the molecule is CC(C)N1C[C@H]2C[C@@H](C1)[C@@H]1CCCC(=O)N1C2. The first kappa shape index (κ1) is 11.5. The van der Waals surface area contributed by atoms with Crippen molar-refractivity contribution in [3.05, 3.63) is 0 Å². The molecule has 2 bridgehead atoms. The molecule has 0 aliphatic carbocycles. The molecular weight excluding hydrogens is 212 g/mol. The van der Waals surface area contributed by atoms with Crippen LogP contribution in [0.1, 0.15) is 39.5 Å². The van der Waals surface area contributed by atoms with Gasteiger partial charge >= 0.3 is 0 Å². The molecule has 3 fully saturated rings. The van der Waals surface area contributed by atoms with Crippen LogP contribution >= 0.6 is 0 Å². The van der Waals surface area contributed by atoms with E-state index in [2.05, 4.69) is 23.6 Å². The maximum atomic E-state index is 12.0. The van der Waals surface area contributed by atoms with E-state index in [1.54, 1.807) is 0 Å². The summed E-state index contributed by atoms with van der Waals surface area (Å²) >= 11 is 0. The van der Waals surface area contributed by atoms with Crippen molar-refractivity contribution in [3.8, 4) is 0 Å². The van der Waals surface area contributed by atoms with Gasteiger partial charge in [-0.1, -0.05) is 0 Å². The predicted molar refractivity (Wildman–Crippen MR) is 67.7 cm³/mol. The summed E-state index contributed by atoms with van der Waals surface area (Å²) in [5.74, 6) is 1.90. The summed E-state index contributed by atoms with van der Waals surface area (Å²) in [5, 5.41) is 0. The number of hydrogen-bond acceptors (Lipinski definition) is 2. The van der Waals surface area contributed by atoms with Gasteiger partial charge in [0.05, 0.1) is 0 Å². The van der Waals surface area contributed by atoms with Crippen LogP contribution in [0.5, 0.6) is 0 Å². The molecule has 0 saturated carbocycles. The van der Waals surface area contributed by atoms with Gasteiger partial charge in [0, 0.05) is 38.1 Å². The van der Waals surface area contributed by atoms with Gasteiger partial charge in [0.25, 0.3) is 0 Å². The van der Waals surface area contributed by atoms with Crippen LogP contribution in [0.15, 0.2) is 0 Å². The molecule has 3 heteroatoms. The van der Waals surface area contributed by atoms with Crippen LogP contribution in [0.3, 0.4) is 0 Å². The molecule has 3 heterocycles. The molecule has 0 spiro atoms. The van der Waals surface area contributed by atoms with Crippen molar-refractivity contribution in [2.75, 3.05) is 19.6 Å². The van der Waals surface area contributed by atoms with E-state index in [1.807, 2.05) is 0 Å². The average molecular weight is 236 g/mol. The number of fused-ring (bicyclic) bond motifs is 4. The van der Waals surface area contributed by atoms with Crippen LogP contribution in [0.4, 0.5) is 0 Å². The predicted octanol–water partition coefficient (Wildman–Crippen LogP) is 1.73. The Bertz CT molecular complexity index is 315. The van der Waals surface area contributed by atoms with E-state index in [-0.39, 0.29) is 0 Å². The van der Waals surface area contributed by atoms with Crippen LogP contribution in [-0.2, 0) is 4.79 Å². The van der Waals surface area contributed by atoms with Gasteiger partial charge in [-0.25, -0.2) is 0 Å². The van der Waals surface area contributed by atoms with E-state index in [0.29, 0.717) is 18.0 Å². The first-order valence-electron chi connectivity index (χ1n) is 7.18. The number of hydrogen-bond donors (Lipinski definition) is 0. The minimum absolute atomic E-state index is 0.425. The van der Waals surface area contributed by atoms with Crippen molar-refractivity contribution in [1.29, 1.82) is 0 Å². The van der Waals surface area contributed by atoms with Crippen LogP contribution < -0.4 is 0 Å². The third kappa shape index (κ3) is 1.99. The zero-order valence-corrected chi connectivity index (χ0v) is 11.1. The third-order valence-corrected chi connectivity index (χ3v) is 4.94. The molecule has 0 N–H and O–H groups in total. The molecule has 0 aromatic heterocycles. The lowest BCUT2D eigenvalue weighted by atomic mass is 9.75. The zero-order chi connectivity index (χ0) is 12.0. The molecule has 0 unspecified atom stereocenters. The summed E-state index contributed by atoms with van der Waals surface area (Å²) in [6.45, 7) is 8.03. The Morgan fingerprint density at radius 1 is 1.24 bits per heavy atom. The summed E-state index contributed by atoms with van der Waals surface area (Å²) in [5.41, 5.74) is 0. The zero-order valence-electron chi connectivity index (χ0n) is 11.1. The molecule has 0 aromatic rings. The van der Waals surface area contributed by atoms with Crippen LogP contribution in [0.25, 0.3) is 0 Å². The van der Waals surface area contributed by atoms with Gasteiger partial charge in [-0.3, -0.25) is 4.79 Å². The third-order valence-electron chi connectivity index (χ3n) is 4.94. The second-order valence-electron chi connectivity index (χ2n) is 6.42. The van der Waals surface area contributed by atoms with Gasteiger partial charge < -0.3 is 9.80 Å². The summed E-state index contributed by atoms with van der Waals surface area (Å²) in [7, 11) is 0. The maximum Gasteiger partial charge on any atom is 0.222 e. The molecule has 3 atom stereocenters. The van der Waals surface area contributed by atoms with E-state index in [9.17, 15) is 4.79 Å². The fourth-order valence-corrected chi connectivity index (χ4v) is 4.07. The van der Waals surface area contributed by atoms with Crippen molar-refractivity contribution in [2.45, 2.75) is 51.6 Å². The quantitative estimate of drug-likeness (QED) is 0.692. The highest BCUT2D eigenvalue weighted by Gasteiger charge is 2.44. The summed E-state index contributed by atoms with van der Waals surface area (Å²) < 4.78 is 0. The van der Waals surface area contributed by atoms with Gasteiger partial charge in [0.1, 0.15) is 0 Å². The molecule has 3 saturated heterocycles. The second-order valence-corrected chi connectivity index (χ2v) is 6.42. The molecule has 3 aliphatic heterocycles. The monoisotopic (exact) mass is 236 g/mol. The fraction of sp³-hybridized carbons (Fsp3) is 0.929. The normalized spacial score (nSPS) is 38.4. The lowest BCUT2D eigenvalue weighted by molar-refractivity contribution is -0.145. The highest BCUT2D eigenvalue weighted by Crippen LogP contribution is 2.38. The minimum Gasteiger partial charge on any atom is -0.339 e. The number of carbonyl (C=O) groups excluding carboxylic acids is 1. The molecule has 3 aliphatic rings. The molecule has 0 aromatic carbocycles. The molecule has 96 valence electrons. The van der Waals surface area contributed by atoms with Crippen molar-refractivity contribution >= 4 is 5.91 Å². The van der Waals surface area contributed by atoms with E-state index in [0.717, 1.165) is 31.2 Å². The first-order chi connectivity index (χ1) is 8.15. The fourth-order valence-electron chi connectivity index (χ4n) is 4.07. The Kier molecular flexibility index (Phi) is 2.89. The van der Waals surface area contributed by atoms with Crippen molar-refractivity contribution in [2.24, 2.45) is 11.8 Å². The van der Waals surface area contributed by atoms with Gasteiger partial charge in [0.2, 0.25) is 5.91 Å².